The van der Waals surface area contributed by atoms with Crippen molar-refractivity contribution in [2.75, 3.05) is 6.54 Å². The first-order valence-corrected chi connectivity index (χ1v) is 4.89. The maximum absolute atomic E-state index is 11.6. The molecule has 16 heavy (non-hydrogen) atoms. The first-order valence-electron chi connectivity index (χ1n) is 4.89. The zero-order chi connectivity index (χ0) is 12.1. The van der Waals surface area contributed by atoms with Gasteiger partial charge in [0.25, 0.3) is 11.8 Å². The zero-order valence-corrected chi connectivity index (χ0v) is 9.33. The molecule has 5 heteroatoms. The van der Waals surface area contributed by atoms with Crippen LogP contribution in [0.1, 0.15) is 21.5 Å². The first-order chi connectivity index (χ1) is 7.54. The molecule has 1 aromatic rings. The number of rotatable bonds is 3. The van der Waals surface area contributed by atoms with Crippen LogP contribution in [-0.4, -0.2) is 18.4 Å². The number of benzene rings is 1. The summed E-state index contributed by atoms with van der Waals surface area (Å²) in [4.78, 5) is 22.4. The van der Waals surface area contributed by atoms with Crippen molar-refractivity contribution in [2.45, 2.75) is 13.8 Å². The highest BCUT2D eigenvalue weighted by molar-refractivity contribution is 5.96. The third-order valence-corrected chi connectivity index (χ3v) is 2.34. The van der Waals surface area contributed by atoms with Crippen LogP contribution in [0.25, 0.3) is 0 Å². The number of carbonyl (C=O) groups is 2. The summed E-state index contributed by atoms with van der Waals surface area (Å²) in [6, 6.07) is 5.37. The van der Waals surface area contributed by atoms with E-state index < -0.39 is 5.91 Å². The van der Waals surface area contributed by atoms with Gasteiger partial charge in [0.15, 0.2) is 0 Å². The molecule has 0 saturated heterocycles. The molecule has 0 atom stereocenters. The van der Waals surface area contributed by atoms with Crippen LogP contribution in [0.5, 0.6) is 0 Å². The molecule has 0 aliphatic heterocycles. The standard InChI is InChI=1S/C11H15N3O2/c1-7-3-4-9(5-8(7)2)11(16)13-6-10(15)14-12/h3-5H,6,12H2,1-2H3,(H,13,16)(H,14,15). The van der Waals surface area contributed by atoms with Crippen molar-refractivity contribution in [1.82, 2.24) is 10.7 Å². The Morgan fingerprint density at radius 2 is 1.94 bits per heavy atom. The molecule has 0 saturated carbocycles. The van der Waals surface area contributed by atoms with Crippen LogP contribution in [0.3, 0.4) is 0 Å². The summed E-state index contributed by atoms with van der Waals surface area (Å²) >= 11 is 0. The molecule has 2 amide bonds. The summed E-state index contributed by atoms with van der Waals surface area (Å²) in [5.74, 6) is 4.17. The van der Waals surface area contributed by atoms with E-state index in [0.29, 0.717) is 5.56 Å². The molecule has 0 radical (unpaired) electrons. The van der Waals surface area contributed by atoms with Crippen LogP contribution < -0.4 is 16.6 Å². The second kappa shape index (κ2) is 5.27. The van der Waals surface area contributed by atoms with Gasteiger partial charge in [-0.1, -0.05) is 6.07 Å². The van der Waals surface area contributed by atoms with Crippen LogP contribution in [0.2, 0.25) is 0 Å². The summed E-state index contributed by atoms with van der Waals surface area (Å²) in [6.07, 6.45) is 0. The number of aryl methyl sites for hydroxylation is 2. The lowest BCUT2D eigenvalue weighted by molar-refractivity contribution is -0.120. The number of carbonyl (C=O) groups excluding carboxylic acids is 2. The molecule has 4 N–H and O–H groups in total. The van der Waals surface area contributed by atoms with Crippen LogP contribution in [-0.2, 0) is 4.79 Å². The highest BCUT2D eigenvalue weighted by Crippen LogP contribution is 2.09. The number of nitrogens with two attached hydrogens (primary N) is 1. The van der Waals surface area contributed by atoms with Crippen molar-refractivity contribution >= 4 is 11.8 Å². The Balaban J connectivity index is 2.66. The van der Waals surface area contributed by atoms with E-state index in [1.54, 1.807) is 12.1 Å². The highest BCUT2D eigenvalue weighted by Gasteiger charge is 2.07. The molecule has 1 aromatic carbocycles. The highest BCUT2D eigenvalue weighted by atomic mass is 16.2. The summed E-state index contributed by atoms with van der Waals surface area (Å²) < 4.78 is 0. The van der Waals surface area contributed by atoms with Gasteiger partial charge in [-0.25, -0.2) is 5.84 Å². The molecule has 0 heterocycles. The SMILES string of the molecule is Cc1ccc(C(=O)NCC(=O)NN)cc1C. The number of hydrogen-bond acceptors (Lipinski definition) is 3. The molecule has 86 valence electrons. The first kappa shape index (κ1) is 12.2. The van der Waals surface area contributed by atoms with Crippen molar-refractivity contribution in [2.24, 2.45) is 5.84 Å². The van der Waals surface area contributed by atoms with Gasteiger partial charge in [-0.05, 0) is 37.1 Å². The van der Waals surface area contributed by atoms with Gasteiger partial charge in [0.1, 0.15) is 0 Å². The van der Waals surface area contributed by atoms with Gasteiger partial charge >= 0.3 is 0 Å². The smallest absolute Gasteiger partial charge is 0.253 e. The van der Waals surface area contributed by atoms with Gasteiger partial charge in [0.2, 0.25) is 0 Å². The summed E-state index contributed by atoms with van der Waals surface area (Å²) in [5, 5.41) is 2.47. The molecule has 0 aliphatic rings. The molecule has 0 bridgehead atoms. The third-order valence-electron chi connectivity index (χ3n) is 2.34. The quantitative estimate of drug-likeness (QED) is 0.382. The fourth-order valence-corrected chi connectivity index (χ4v) is 1.20. The maximum Gasteiger partial charge on any atom is 0.253 e. The van der Waals surface area contributed by atoms with E-state index in [4.69, 9.17) is 5.84 Å². The molecule has 0 aliphatic carbocycles. The van der Waals surface area contributed by atoms with Crippen molar-refractivity contribution in [3.63, 3.8) is 0 Å². The topological polar surface area (TPSA) is 84.2 Å². The van der Waals surface area contributed by atoms with Crippen molar-refractivity contribution < 1.29 is 9.59 Å². The summed E-state index contributed by atoms with van der Waals surface area (Å²) in [6.45, 7) is 3.78. The Hall–Kier alpha value is -1.88. The number of hydrogen-bond donors (Lipinski definition) is 3. The molecular weight excluding hydrogens is 206 g/mol. The van der Waals surface area contributed by atoms with Gasteiger partial charge in [-0.15, -0.1) is 0 Å². The minimum Gasteiger partial charge on any atom is -0.343 e. The lowest BCUT2D eigenvalue weighted by Crippen LogP contribution is -2.40. The van der Waals surface area contributed by atoms with Crippen molar-refractivity contribution in [1.29, 1.82) is 0 Å². The van der Waals surface area contributed by atoms with E-state index in [0.717, 1.165) is 11.1 Å². The fraction of sp³-hybridized carbons (Fsp3) is 0.273. The minimum absolute atomic E-state index is 0.123. The predicted octanol–water partition coefficient (Wildman–Crippen LogP) is 0.0231. The second-order valence-electron chi connectivity index (χ2n) is 3.55. The van der Waals surface area contributed by atoms with Gasteiger partial charge in [0, 0.05) is 5.56 Å². The van der Waals surface area contributed by atoms with E-state index in [-0.39, 0.29) is 12.5 Å². The average Bonchev–Trinajstić information content (AvgIpc) is 2.29. The van der Waals surface area contributed by atoms with Crippen LogP contribution in [0.4, 0.5) is 0 Å². The molecule has 0 unspecified atom stereocenters. The summed E-state index contributed by atoms with van der Waals surface area (Å²) in [7, 11) is 0. The van der Waals surface area contributed by atoms with E-state index in [1.807, 2.05) is 25.3 Å². The molecule has 0 aromatic heterocycles. The van der Waals surface area contributed by atoms with E-state index in [2.05, 4.69) is 5.32 Å². The van der Waals surface area contributed by atoms with Gasteiger partial charge in [0.05, 0.1) is 6.54 Å². The Morgan fingerprint density at radius 3 is 2.50 bits per heavy atom. The van der Waals surface area contributed by atoms with Crippen molar-refractivity contribution in [3.05, 3.63) is 34.9 Å². The monoisotopic (exact) mass is 221 g/mol. The molecule has 5 nitrogen and oxygen atoms in total. The molecule has 0 fully saturated rings. The normalized spacial score (nSPS) is 9.69. The Morgan fingerprint density at radius 1 is 1.25 bits per heavy atom. The summed E-state index contributed by atoms with van der Waals surface area (Å²) in [5.41, 5.74) is 4.63. The van der Waals surface area contributed by atoms with E-state index >= 15 is 0 Å². The Labute approximate surface area is 94.0 Å². The third kappa shape index (κ3) is 3.06. The van der Waals surface area contributed by atoms with E-state index in [9.17, 15) is 9.59 Å². The largest absolute Gasteiger partial charge is 0.343 e. The van der Waals surface area contributed by atoms with Crippen LogP contribution >= 0.6 is 0 Å². The lowest BCUT2D eigenvalue weighted by Gasteiger charge is -2.06. The Kier molecular flexibility index (Phi) is 4.02. The number of nitrogens with one attached hydrogen (secondary N) is 2. The van der Waals surface area contributed by atoms with Gasteiger partial charge in [-0.2, -0.15) is 0 Å². The molecular formula is C11H15N3O2. The Bertz CT molecular complexity index is 416. The fourth-order valence-electron chi connectivity index (χ4n) is 1.20. The van der Waals surface area contributed by atoms with Gasteiger partial charge in [-0.3, -0.25) is 15.0 Å². The number of amides is 2. The zero-order valence-electron chi connectivity index (χ0n) is 9.33. The van der Waals surface area contributed by atoms with Crippen molar-refractivity contribution in [3.8, 4) is 0 Å². The van der Waals surface area contributed by atoms with Crippen LogP contribution in [0.15, 0.2) is 18.2 Å². The van der Waals surface area contributed by atoms with E-state index in [1.165, 1.54) is 0 Å². The average molecular weight is 221 g/mol. The predicted molar refractivity (Wildman–Crippen MR) is 60.6 cm³/mol. The van der Waals surface area contributed by atoms with Crippen LogP contribution in [0, 0.1) is 13.8 Å². The molecule has 1 rings (SSSR count). The number of hydrazine groups is 1. The lowest BCUT2D eigenvalue weighted by atomic mass is 10.1. The second-order valence-corrected chi connectivity index (χ2v) is 3.55. The van der Waals surface area contributed by atoms with Gasteiger partial charge < -0.3 is 5.32 Å². The maximum atomic E-state index is 11.6. The minimum atomic E-state index is -0.433. The molecule has 0 spiro atoms.